The highest BCUT2D eigenvalue weighted by molar-refractivity contribution is 7.90. The Morgan fingerprint density at radius 1 is 1.18 bits per heavy atom. The zero-order valence-corrected chi connectivity index (χ0v) is 24.6. The number of nitrogens with one attached hydrogen (secondary N) is 1. The molecular formula is C27H29F3N6O7S. The van der Waals surface area contributed by atoms with Crippen molar-refractivity contribution in [1.29, 1.82) is 0 Å². The van der Waals surface area contributed by atoms with Crippen LogP contribution in [0.15, 0.2) is 64.8 Å². The molecule has 1 N–H and O–H groups in total. The molecule has 2 heterocycles. The average molecular weight is 639 g/mol. The van der Waals surface area contributed by atoms with Gasteiger partial charge >= 0.3 is 12.1 Å². The van der Waals surface area contributed by atoms with Crippen LogP contribution in [-0.2, 0) is 35.4 Å². The molecule has 2 aromatic carbocycles. The Labute approximate surface area is 250 Å². The van der Waals surface area contributed by atoms with E-state index < -0.39 is 46.0 Å². The van der Waals surface area contributed by atoms with Gasteiger partial charge in [-0.1, -0.05) is 36.8 Å². The summed E-state index contributed by atoms with van der Waals surface area (Å²) in [5.74, 6) is -2.30. The van der Waals surface area contributed by atoms with Crippen molar-refractivity contribution in [3.8, 4) is 16.9 Å². The number of sulfonamides is 1. The number of ether oxygens (including phenoxy) is 1. The topological polar surface area (TPSA) is 158 Å². The number of hydrogen-bond acceptors (Lipinski definition) is 9. The second-order valence-corrected chi connectivity index (χ2v) is 11.6. The summed E-state index contributed by atoms with van der Waals surface area (Å²) in [6.07, 6.45) is -5.59. The molecule has 0 aliphatic carbocycles. The van der Waals surface area contributed by atoms with Crippen LogP contribution in [0.1, 0.15) is 37.9 Å². The summed E-state index contributed by atoms with van der Waals surface area (Å²) < 4.78 is 74.2. The van der Waals surface area contributed by atoms with Gasteiger partial charge in [0.15, 0.2) is 5.69 Å². The molecule has 1 fully saturated rings. The molecule has 17 heteroatoms. The van der Waals surface area contributed by atoms with Crippen molar-refractivity contribution >= 4 is 21.9 Å². The van der Waals surface area contributed by atoms with Crippen molar-refractivity contribution < 1.29 is 45.7 Å². The van der Waals surface area contributed by atoms with Gasteiger partial charge in [0, 0.05) is 18.9 Å². The number of benzene rings is 2. The molecule has 44 heavy (non-hydrogen) atoms. The number of hydrogen-bond donors (Lipinski definition) is 1. The minimum absolute atomic E-state index is 0.0689. The van der Waals surface area contributed by atoms with Gasteiger partial charge in [0.25, 0.3) is 16.3 Å². The third kappa shape index (κ3) is 7.64. The predicted octanol–water partition coefficient (Wildman–Crippen LogP) is 4.10. The lowest BCUT2D eigenvalue weighted by molar-refractivity contribution is -0.709. The summed E-state index contributed by atoms with van der Waals surface area (Å²) in [5.41, 5.74) is 0.571. The quantitative estimate of drug-likeness (QED) is 0.113. The summed E-state index contributed by atoms with van der Waals surface area (Å²) in [7, 11) is -4.37. The molecular weight excluding hydrogens is 609 g/mol. The largest absolute Gasteiger partial charge is 0.569 e. The van der Waals surface area contributed by atoms with E-state index in [-0.39, 0.29) is 47.2 Å². The number of carbonyl (C=O) groups excluding carboxylic acids is 2. The zero-order valence-electron chi connectivity index (χ0n) is 23.8. The molecule has 0 bridgehead atoms. The van der Waals surface area contributed by atoms with Gasteiger partial charge in [-0.3, -0.25) is 14.4 Å². The molecule has 1 aromatic heterocycles. The first kappa shape index (κ1) is 32.2. The number of amides is 1. The maximum atomic E-state index is 13.5. The molecule has 1 aliphatic rings. The first-order valence-electron chi connectivity index (χ1n) is 13.4. The molecule has 4 rings (SSSR count). The van der Waals surface area contributed by atoms with E-state index in [1.165, 1.54) is 19.1 Å². The molecule has 0 spiro atoms. The van der Waals surface area contributed by atoms with Gasteiger partial charge in [-0.05, 0) is 43.7 Å². The number of nitrogens with zero attached hydrogens (tertiary/aromatic N) is 5. The summed E-state index contributed by atoms with van der Waals surface area (Å²) in [4.78, 5) is 28.6. The Balaban J connectivity index is 1.44. The number of halogens is 3. The SMILES string of the molecule is CCC(=O)OC(C)O/N=[N+](\[O-])N1CCC(C(=O)NS(=O)(=O)c2ccc(-n3nc(C(F)(F)F)cc3-c3ccc(C)cc3)cc2)C1. The maximum absolute atomic E-state index is 13.5. The number of carbonyl (C=O) groups is 2. The van der Waals surface area contributed by atoms with Gasteiger partial charge in [-0.25, -0.2) is 17.8 Å². The van der Waals surface area contributed by atoms with Gasteiger partial charge < -0.3 is 9.94 Å². The van der Waals surface area contributed by atoms with Crippen molar-refractivity contribution in [2.75, 3.05) is 13.1 Å². The molecule has 0 radical (unpaired) electrons. The Hall–Kier alpha value is -4.67. The van der Waals surface area contributed by atoms with Crippen LogP contribution in [-0.4, -0.2) is 59.4 Å². The smallest absolute Gasteiger partial charge is 0.435 e. The second kappa shape index (κ2) is 12.9. The van der Waals surface area contributed by atoms with Crippen LogP contribution in [0.4, 0.5) is 13.2 Å². The summed E-state index contributed by atoms with van der Waals surface area (Å²) in [6, 6.07) is 12.5. The Bertz CT molecular complexity index is 1640. The van der Waals surface area contributed by atoms with E-state index in [0.29, 0.717) is 5.56 Å². The van der Waals surface area contributed by atoms with Crippen LogP contribution in [0, 0.1) is 18.0 Å². The molecule has 1 aliphatic heterocycles. The standard InChI is InChI=1S/C27H29F3N6O7S/c1-4-25(37)42-18(3)43-33-36(39)34-14-13-20(16-34)26(38)32-44(40,41)22-11-9-21(10-12-22)35-23(15-24(31-35)27(28,29)30)19-7-5-17(2)6-8-19/h5-12,15,18,20H,4,13-14,16H2,1-3H3,(H,32,38)/b36-33-. The minimum Gasteiger partial charge on any atom is -0.569 e. The Morgan fingerprint density at radius 3 is 2.45 bits per heavy atom. The molecule has 2 unspecified atom stereocenters. The molecule has 13 nitrogen and oxygen atoms in total. The predicted molar refractivity (Wildman–Crippen MR) is 147 cm³/mol. The first-order chi connectivity index (χ1) is 20.7. The molecule has 2 atom stereocenters. The fourth-order valence-electron chi connectivity index (χ4n) is 4.25. The molecule has 1 saturated heterocycles. The number of hydrazine groups is 1. The number of alkyl halides is 3. The van der Waals surface area contributed by atoms with E-state index >= 15 is 0 Å². The lowest BCUT2D eigenvalue weighted by Gasteiger charge is -2.14. The van der Waals surface area contributed by atoms with Gasteiger partial charge in [-0.2, -0.15) is 18.3 Å². The lowest BCUT2D eigenvalue weighted by Crippen LogP contribution is -2.37. The minimum atomic E-state index is -4.71. The van der Waals surface area contributed by atoms with Crippen molar-refractivity contribution in [2.24, 2.45) is 11.2 Å². The van der Waals surface area contributed by atoms with Crippen LogP contribution >= 0.6 is 0 Å². The van der Waals surface area contributed by atoms with E-state index in [1.54, 1.807) is 31.2 Å². The average Bonchev–Trinajstić information content (AvgIpc) is 3.65. The van der Waals surface area contributed by atoms with Crippen molar-refractivity contribution in [3.05, 3.63) is 71.1 Å². The molecule has 3 aromatic rings. The Morgan fingerprint density at radius 2 is 1.84 bits per heavy atom. The van der Waals surface area contributed by atoms with E-state index in [4.69, 9.17) is 9.57 Å². The fraction of sp³-hybridized carbons (Fsp3) is 0.370. The third-order valence-electron chi connectivity index (χ3n) is 6.60. The van der Waals surface area contributed by atoms with E-state index in [9.17, 15) is 36.4 Å². The lowest BCUT2D eigenvalue weighted by atomic mass is 10.1. The number of esters is 1. The van der Waals surface area contributed by atoms with E-state index in [2.05, 4.69) is 10.4 Å². The van der Waals surface area contributed by atoms with Gasteiger partial charge in [0.1, 0.15) is 0 Å². The van der Waals surface area contributed by atoms with Crippen LogP contribution in [0.2, 0.25) is 0 Å². The van der Waals surface area contributed by atoms with Gasteiger partial charge in [0.2, 0.25) is 11.2 Å². The van der Waals surface area contributed by atoms with E-state index in [0.717, 1.165) is 33.5 Å². The number of rotatable bonds is 10. The second-order valence-electron chi connectivity index (χ2n) is 9.90. The maximum Gasteiger partial charge on any atom is 0.435 e. The summed E-state index contributed by atoms with van der Waals surface area (Å²) in [6.45, 7) is 4.68. The van der Waals surface area contributed by atoms with Gasteiger partial charge in [0.05, 0.1) is 40.3 Å². The monoisotopic (exact) mass is 638 g/mol. The fourth-order valence-corrected chi connectivity index (χ4v) is 5.29. The van der Waals surface area contributed by atoms with Gasteiger partial charge in [-0.15, -0.1) is 5.01 Å². The van der Waals surface area contributed by atoms with Crippen LogP contribution in [0.5, 0.6) is 0 Å². The highest BCUT2D eigenvalue weighted by atomic mass is 32.2. The third-order valence-corrected chi connectivity index (χ3v) is 7.97. The molecule has 0 saturated carbocycles. The Kier molecular flexibility index (Phi) is 9.46. The van der Waals surface area contributed by atoms with Crippen molar-refractivity contribution in [1.82, 2.24) is 19.5 Å². The number of aromatic nitrogens is 2. The van der Waals surface area contributed by atoms with Crippen LogP contribution in [0.25, 0.3) is 16.9 Å². The zero-order chi connectivity index (χ0) is 32.2. The van der Waals surface area contributed by atoms with Crippen LogP contribution < -0.4 is 4.72 Å². The highest BCUT2D eigenvalue weighted by Gasteiger charge is 2.36. The normalized spacial score (nSPS) is 16.5. The van der Waals surface area contributed by atoms with Crippen molar-refractivity contribution in [2.45, 2.75) is 51.0 Å². The summed E-state index contributed by atoms with van der Waals surface area (Å²) >= 11 is 0. The van der Waals surface area contributed by atoms with E-state index in [1.807, 2.05) is 11.6 Å². The van der Waals surface area contributed by atoms with Crippen LogP contribution in [0.3, 0.4) is 0 Å². The summed E-state index contributed by atoms with van der Waals surface area (Å²) in [5, 5.41) is 20.3. The van der Waals surface area contributed by atoms with Crippen molar-refractivity contribution in [3.63, 3.8) is 0 Å². The molecule has 1 amide bonds. The first-order valence-corrected chi connectivity index (χ1v) is 14.9. The number of aryl methyl sites for hydroxylation is 1. The highest BCUT2D eigenvalue weighted by Crippen LogP contribution is 2.33. The molecule has 236 valence electrons.